The molecule has 1 aromatic carbocycles. The van der Waals surface area contributed by atoms with Crippen molar-refractivity contribution in [1.29, 1.82) is 0 Å². The molecule has 108 valence electrons. The van der Waals surface area contributed by atoms with E-state index in [-0.39, 0.29) is 11.9 Å². The molecule has 0 aliphatic carbocycles. The summed E-state index contributed by atoms with van der Waals surface area (Å²) in [7, 11) is 0. The fourth-order valence-corrected chi connectivity index (χ4v) is 3.31. The highest BCUT2D eigenvalue weighted by molar-refractivity contribution is 9.10. The molecule has 0 fully saturated rings. The van der Waals surface area contributed by atoms with Crippen LogP contribution in [0.15, 0.2) is 22.7 Å². The van der Waals surface area contributed by atoms with E-state index in [1.807, 2.05) is 13.0 Å². The van der Waals surface area contributed by atoms with Crippen molar-refractivity contribution in [3.05, 3.63) is 49.6 Å². The maximum Gasteiger partial charge on any atom is 0.137 e. The minimum absolute atomic E-state index is 0.0903. The number of hydrogen-bond acceptors (Lipinski definition) is 3. The van der Waals surface area contributed by atoms with E-state index in [1.54, 1.807) is 23.5 Å². The molecule has 0 saturated heterocycles. The Morgan fingerprint density at radius 2 is 2.15 bits per heavy atom. The summed E-state index contributed by atoms with van der Waals surface area (Å²) in [4.78, 5) is 5.82. The third-order valence-corrected chi connectivity index (χ3v) is 4.99. The maximum atomic E-state index is 13.7. The van der Waals surface area contributed by atoms with Crippen LogP contribution in [-0.4, -0.2) is 11.5 Å². The standard InChI is InChI=1S/C15H18BrFN2S/c1-4-18-14(8-15-19-9(2)10(3)20-15)11-5-6-12(16)13(17)7-11/h5-7,14,18H,4,8H2,1-3H3. The first-order valence-electron chi connectivity index (χ1n) is 6.62. The fraction of sp³-hybridized carbons (Fsp3) is 0.400. The Balaban J connectivity index is 2.23. The van der Waals surface area contributed by atoms with Crippen molar-refractivity contribution in [2.75, 3.05) is 6.54 Å². The van der Waals surface area contributed by atoms with E-state index in [0.29, 0.717) is 4.47 Å². The average molecular weight is 357 g/mol. The van der Waals surface area contributed by atoms with Gasteiger partial charge in [0.15, 0.2) is 0 Å². The highest BCUT2D eigenvalue weighted by atomic mass is 79.9. The van der Waals surface area contributed by atoms with Gasteiger partial charge in [-0.1, -0.05) is 13.0 Å². The summed E-state index contributed by atoms with van der Waals surface area (Å²) in [5, 5.41) is 4.50. The lowest BCUT2D eigenvalue weighted by atomic mass is 10.0. The monoisotopic (exact) mass is 356 g/mol. The van der Waals surface area contributed by atoms with E-state index in [2.05, 4.69) is 40.1 Å². The van der Waals surface area contributed by atoms with Gasteiger partial charge in [-0.3, -0.25) is 0 Å². The number of aromatic nitrogens is 1. The van der Waals surface area contributed by atoms with E-state index in [0.717, 1.165) is 29.2 Å². The molecule has 0 spiro atoms. The van der Waals surface area contributed by atoms with Gasteiger partial charge in [-0.25, -0.2) is 9.37 Å². The number of thiazole rings is 1. The molecular weight excluding hydrogens is 339 g/mol. The first-order valence-corrected chi connectivity index (χ1v) is 8.23. The Bertz CT molecular complexity index is 578. The van der Waals surface area contributed by atoms with E-state index < -0.39 is 0 Å². The van der Waals surface area contributed by atoms with Crippen LogP contribution in [0.25, 0.3) is 0 Å². The summed E-state index contributed by atoms with van der Waals surface area (Å²) in [6.45, 7) is 7.00. The van der Waals surface area contributed by atoms with Crippen LogP contribution in [0.2, 0.25) is 0 Å². The summed E-state index contributed by atoms with van der Waals surface area (Å²) in [6.07, 6.45) is 0.786. The summed E-state index contributed by atoms with van der Waals surface area (Å²) < 4.78 is 14.2. The van der Waals surface area contributed by atoms with E-state index in [4.69, 9.17) is 0 Å². The van der Waals surface area contributed by atoms with Gasteiger partial charge < -0.3 is 5.32 Å². The zero-order valence-electron chi connectivity index (χ0n) is 11.8. The molecule has 1 heterocycles. The van der Waals surface area contributed by atoms with Gasteiger partial charge in [0.05, 0.1) is 15.2 Å². The number of rotatable bonds is 5. The molecular formula is C15H18BrFN2S. The highest BCUT2D eigenvalue weighted by Crippen LogP contribution is 2.26. The molecule has 1 aromatic heterocycles. The van der Waals surface area contributed by atoms with Gasteiger partial charge in [-0.05, 0) is 54.0 Å². The van der Waals surface area contributed by atoms with Gasteiger partial charge in [0, 0.05) is 17.3 Å². The summed E-state index contributed by atoms with van der Waals surface area (Å²) in [5.74, 6) is -0.225. The number of aryl methyl sites for hydroxylation is 2. The Morgan fingerprint density at radius 3 is 2.70 bits per heavy atom. The number of halogens is 2. The van der Waals surface area contributed by atoms with Gasteiger partial charge in [0.1, 0.15) is 5.82 Å². The lowest BCUT2D eigenvalue weighted by molar-refractivity contribution is 0.540. The number of nitrogens with zero attached hydrogens (tertiary/aromatic N) is 1. The zero-order chi connectivity index (χ0) is 14.7. The predicted molar refractivity (Wildman–Crippen MR) is 85.8 cm³/mol. The van der Waals surface area contributed by atoms with Crippen LogP contribution in [0.5, 0.6) is 0 Å². The number of nitrogens with one attached hydrogen (secondary N) is 1. The molecule has 0 bridgehead atoms. The van der Waals surface area contributed by atoms with Crippen molar-refractivity contribution in [1.82, 2.24) is 10.3 Å². The minimum Gasteiger partial charge on any atom is -0.310 e. The van der Waals surface area contributed by atoms with Crippen molar-refractivity contribution in [3.63, 3.8) is 0 Å². The van der Waals surface area contributed by atoms with E-state index in [9.17, 15) is 4.39 Å². The van der Waals surface area contributed by atoms with Crippen molar-refractivity contribution >= 4 is 27.3 Å². The predicted octanol–water partition coefficient (Wildman–Crippen LogP) is 4.55. The Kier molecular flexibility index (Phi) is 5.29. The van der Waals surface area contributed by atoms with E-state index in [1.165, 1.54) is 4.88 Å². The molecule has 0 amide bonds. The minimum atomic E-state index is -0.225. The van der Waals surface area contributed by atoms with Gasteiger partial charge in [0.25, 0.3) is 0 Å². The molecule has 20 heavy (non-hydrogen) atoms. The second kappa shape index (κ2) is 6.78. The highest BCUT2D eigenvalue weighted by Gasteiger charge is 2.15. The van der Waals surface area contributed by atoms with Crippen LogP contribution >= 0.6 is 27.3 Å². The lowest BCUT2D eigenvalue weighted by Gasteiger charge is -2.17. The van der Waals surface area contributed by atoms with Gasteiger partial charge >= 0.3 is 0 Å². The summed E-state index contributed by atoms with van der Waals surface area (Å²) >= 11 is 4.91. The van der Waals surface area contributed by atoms with Crippen LogP contribution in [-0.2, 0) is 6.42 Å². The third-order valence-electron chi connectivity index (χ3n) is 3.25. The van der Waals surface area contributed by atoms with E-state index >= 15 is 0 Å². The Labute approximate surface area is 131 Å². The van der Waals surface area contributed by atoms with Gasteiger partial charge in [0.2, 0.25) is 0 Å². The first kappa shape index (κ1) is 15.6. The third kappa shape index (κ3) is 3.65. The quantitative estimate of drug-likeness (QED) is 0.849. The maximum absolute atomic E-state index is 13.7. The number of benzene rings is 1. The van der Waals surface area contributed by atoms with Gasteiger partial charge in [-0.15, -0.1) is 11.3 Å². The number of hydrogen-bond donors (Lipinski definition) is 1. The summed E-state index contributed by atoms with van der Waals surface area (Å²) in [6, 6.07) is 5.39. The normalized spacial score (nSPS) is 12.7. The second-order valence-corrected chi connectivity index (χ2v) is 6.88. The number of likely N-dealkylation sites (N-methyl/N-ethyl adjacent to an activating group) is 1. The van der Waals surface area contributed by atoms with Crippen molar-refractivity contribution < 1.29 is 4.39 Å². The van der Waals surface area contributed by atoms with Crippen LogP contribution in [0.3, 0.4) is 0 Å². The molecule has 5 heteroatoms. The van der Waals surface area contributed by atoms with Crippen molar-refractivity contribution in [2.45, 2.75) is 33.2 Å². The molecule has 0 saturated carbocycles. The van der Waals surface area contributed by atoms with Crippen LogP contribution in [0, 0.1) is 19.7 Å². The average Bonchev–Trinajstić information content (AvgIpc) is 2.71. The molecule has 2 nitrogen and oxygen atoms in total. The molecule has 2 rings (SSSR count). The lowest BCUT2D eigenvalue weighted by Crippen LogP contribution is -2.23. The molecule has 1 unspecified atom stereocenters. The fourth-order valence-electron chi connectivity index (χ4n) is 2.08. The Hall–Kier alpha value is -0.780. The van der Waals surface area contributed by atoms with Crippen LogP contribution in [0.4, 0.5) is 4.39 Å². The van der Waals surface area contributed by atoms with Gasteiger partial charge in [-0.2, -0.15) is 0 Å². The van der Waals surface area contributed by atoms with Crippen LogP contribution < -0.4 is 5.32 Å². The topological polar surface area (TPSA) is 24.9 Å². The molecule has 1 N–H and O–H groups in total. The molecule has 2 aromatic rings. The Morgan fingerprint density at radius 1 is 1.40 bits per heavy atom. The smallest absolute Gasteiger partial charge is 0.137 e. The SMILES string of the molecule is CCNC(Cc1nc(C)c(C)s1)c1ccc(Br)c(F)c1. The first-order chi connectivity index (χ1) is 9.51. The molecule has 1 atom stereocenters. The molecule has 0 aliphatic heterocycles. The van der Waals surface area contributed by atoms with Crippen molar-refractivity contribution in [2.24, 2.45) is 0 Å². The van der Waals surface area contributed by atoms with Crippen LogP contribution in [0.1, 0.15) is 34.1 Å². The zero-order valence-corrected chi connectivity index (χ0v) is 14.2. The summed E-state index contributed by atoms with van der Waals surface area (Å²) in [5.41, 5.74) is 2.04. The van der Waals surface area contributed by atoms with Crippen molar-refractivity contribution in [3.8, 4) is 0 Å². The second-order valence-electron chi connectivity index (χ2n) is 4.74. The largest absolute Gasteiger partial charge is 0.310 e. The molecule has 0 radical (unpaired) electrons. The molecule has 0 aliphatic rings.